The number of furan rings is 1. The van der Waals surface area contributed by atoms with Crippen molar-refractivity contribution in [3.63, 3.8) is 0 Å². The molecule has 13 rings (SSSR count). The van der Waals surface area contributed by atoms with E-state index in [4.69, 9.17) is 4.42 Å². The van der Waals surface area contributed by atoms with E-state index in [1.165, 1.54) is 55.6 Å². The Morgan fingerprint density at radius 3 is 1.38 bits per heavy atom. The smallest absolute Gasteiger partial charge is 0.135 e. The Kier molecular flexibility index (Phi) is 9.77. The topological polar surface area (TPSA) is 16.4 Å². The zero-order valence-electron chi connectivity index (χ0n) is 37.8. The number of benzene rings is 11. The zero-order valence-corrected chi connectivity index (χ0v) is 37.8. The molecular weight excluding hydrogens is 835 g/mol. The van der Waals surface area contributed by atoms with Gasteiger partial charge in [0.15, 0.2) is 0 Å². The summed E-state index contributed by atoms with van der Waals surface area (Å²) in [6, 6.07) is 99.3. The fourth-order valence-electron chi connectivity index (χ4n) is 10.9. The molecule has 0 bridgehead atoms. The number of fused-ring (bicyclic) bond motifs is 6. The van der Waals surface area contributed by atoms with E-state index in [9.17, 15) is 0 Å². The summed E-state index contributed by atoms with van der Waals surface area (Å²) in [6.45, 7) is 0. The van der Waals surface area contributed by atoms with Crippen LogP contribution >= 0.6 is 0 Å². The van der Waals surface area contributed by atoms with Gasteiger partial charge in [0.25, 0.3) is 0 Å². The van der Waals surface area contributed by atoms with Gasteiger partial charge in [-0.1, -0.05) is 212 Å². The normalized spacial score (nSPS) is 12.5. The van der Waals surface area contributed by atoms with Gasteiger partial charge < -0.3 is 9.32 Å². The third-order valence-electron chi connectivity index (χ3n) is 14.2. The molecule has 0 unspecified atom stereocenters. The first kappa shape index (κ1) is 40.3. The van der Waals surface area contributed by atoms with Crippen LogP contribution in [0.15, 0.2) is 277 Å². The molecule has 2 heteroatoms. The largest absolute Gasteiger partial charge is 0.456 e. The molecule has 0 fully saturated rings. The van der Waals surface area contributed by atoms with Gasteiger partial charge in [0, 0.05) is 27.8 Å². The molecule has 1 aliphatic rings. The molecule has 0 saturated heterocycles. The van der Waals surface area contributed by atoms with E-state index < -0.39 is 5.41 Å². The van der Waals surface area contributed by atoms with E-state index in [1.807, 2.05) is 12.1 Å². The highest BCUT2D eigenvalue weighted by molar-refractivity contribution is 6.06. The highest BCUT2D eigenvalue weighted by Crippen LogP contribution is 2.56. The van der Waals surface area contributed by atoms with Crippen LogP contribution in [0, 0.1) is 0 Å². The molecule has 0 amide bonds. The van der Waals surface area contributed by atoms with Crippen molar-refractivity contribution < 1.29 is 4.42 Å². The van der Waals surface area contributed by atoms with Crippen molar-refractivity contribution in [2.75, 3.05) is 4.90 Å². The summed E-state index contributed by atoms with van der Waals surface area (Å²) < 4.78 is 6.15. The van der Waals surface area contributed by atoms with Crippen LogP contribution in [-0.2, 0) is 5.41 Å². The van der Waals surface area contributed by atoms with Crippen LogP contribution in [0.2, 0.25) is 0 Å². The van der Waals surface area contributed by atoms with Crippen molar-refractivity contribution in [3.05, 3.63) is 295 Å². The standard InChI is InChI=1S/C67H45NO/c1-3-15-46(16-4-1)47-29-31-48(32-30-47)52-19-14-22-58(44-52)68(56-38-33-49(34-39-56)50-17-13-18-51(43-50)53-35-42-66-62(45-53)61-25-9-12-28-65(61)69-66)57-40-36-55(37-41-57)67(54-20-5-2-6-21-54)63-26-10-7-23-59(63)60-24-8-11-27-64(60)67/h1-45H. The molecule has 12 aromatic rings. The fourth-order valence-corrected chi connectivity index (χ4v) is 10.9. The summed E-state index contributed by atoms with van der Waals surface area (Å²) in [5, 5.41) is 2.27. The summed E-state index contributed by atoms with van der Waals surface area (Å²) in [6.07, 6.45) is 0. The van der Waals surface area contributed by atoms with Crippen LogP contribution in [0.5, 0.6) is 0 Å². The Morgan fingerprint density at radius 1 is 0.261 bits per heavy atom. The molecule has 1 heterocycles. The van der Waals surface area contributed by atoms with E-state index in [1.54, 1.807) is 0 Å². The molecule has 0 N–H and O–H groups in total. The van der Waals surface area contributed by atoms with E-state index in [2.05, 4.69) is 266 Å². The minimum atomic E-state index is -0.474. The Bertz CT molecular complexity index is 3770. The summed E-state index contributed by atoms with van der Waals surface area (Å²) >= 11 is 0. The van der Waals surface area contributed by atoms with Gasteiger partial charge in [0.1, 0.15) is 11.2 Å². The molecule has 0 saturated carbocycles. The molecule has 1 aromatic heterocycles. The lowest BCUT2D eigenvalue weighted by Crippen LogP contribution is -2.28. The van der Waals surface area contributed by atoms with Crippen LogP contribution in [0.3, 0.4) is 0 Å². The van der Waals surface area contributed by atoms with Gasteiger partial charge in [-0.2, -0.15) is 0 Å². The van der Waals surface area contributed by atoms with Crippen LogP contribution in [0.1, 0.15) is 22.3 Å². The lowest BCUT2D eigenvalue weighted by atomic mass is 9.68. The van der Waals surface area contributed by atoms with Gasteiger partial charge >= 0.3 is 0 Å². The fraction of sp³-hybridized carbons (Fsp3) is 0.0149. The van der Waals surface area contributed by atoms with Crippen molar-refractivity contribution in [1.29, 1.82) is 0 Å². The molecule has 324 valence electrons. The number of hydrogen-bond acceptors (Lipinski definition) is 2. The molecule has 0 radical (unpaired) electrons. The minimum absolute atomic E-state index is 0.474. The van der Waals surface area contributed by atoms with Gasteiger partial charge in [-0.15, -0.1) is 0 Å². The first-order chi connectivity index (χ1) is 34.2. The second-order valence-corrected chi connectivity index (χ2v) is 18.0. The summed E-state index contributed by atoms with van der Waals surface area (Å²) in [4.78, 5) is 2.39. The van der Waals surface area contributed by atoms with Gasteiger partial charge in [-0.05, 0) is 139 Å². The quantitative estimate of drug-likeness (QED) is 0.144. The van der Waals surface area contributed by atoms with E-state index >= 15 is 0 Å². The van der Waals surface area contributed by atoms with Gasteiger partial charge in [0.05, 0.1) is 5.41 Å². The van der Waals surface area contributed by atoms with Crippen LogP contribution in [0.25, 0.3) is 77.6 Å². The predicted octanol–water partition coefficient (Wildman–Crippen LogP) is 18.1. The molecule has 1 aliphatic carbocycles. The number of nitrogens with zero attached hydrogens (tertiary/aromatic N) is 1. The molecule has 69 heavy (non-hydrogen) atoms. The van der Waals surface area contributed by atoms with E-state index in [0.717, 1.165) is 61.3 Å². The van der Waals surface area contributed by atoms with Crippen molar-refractivity contribution in [2.45, 2.75) is 5.41 Å². The monoisotopic (exact) mass is 879 g/mol. The summed E-state index contributed by atoms with van der Waals surface area (Å²) in [5.74, 6) is 0. The number of hydrogen-bond donors (Lipinski definition) is 0. The zero-order chi connectivity index (χ0) is 45.7. The highest BCUT2D eigenvalue weighted by Gasteiger charge is 2.45. The lowest BCUT2D eigenvalue weighted by molar-refractivity contribution is 0.669. The Labute approximate surface area is 402 Å². The maximum absolute atomic E-state index is 6.15. The first-order valence-electron chi connectivity index (χ1n) is 23.7. The molecular formula is C67H45NO. The van der Waals surface area contributed by atoms with E-state index in [-0.39, 0.29) is 0 Å². The average molecular weight is 880 g/mol. The third kappa shape index (κ3) is 6.88. The molecule has 0 atom stereocenters. The first-order valence-corrected chi connectivity index (χ1v) is 23.7. The van der Waals surface area contributed by atoms with Gasteiger partial charge in [-0.25, -0.2) is 0 Å². The number of rotatable bonds is 9. The van der Waals surface area contributed by atoms with E-state index in [0.29, 0.717) is 0 Å². The highest BCUT2D eigenvalue weighted by atomic mass is 16.3. The third-order valence-corrected chi connectivity index (χ3v) is 14.2. The molecule has 11 aromatic carbocycles. The number of anilines is 3. The Hall–Kier alpha value is -8.98. The van der Waals surface area contributed by atoms with Crippen molar-refractivity contribution in [3.8, 4) is 55.6 Å². The van der Waals surface area contributed by atoms with Gasteiger partial charge in [-0.3, -0.25) is 0 Å². The minimum Gasteiger partial charge on any atom is -0.456 e. The Morgan fingerprint density at radius 2 is 0.696 bits per heavy atom. The maximum Gasteiger partial charge on any atom is 0.135 e. The maximum atomic E-state index is 6.15. The Balaban J connectivity index is 0.904. The molecule has 2 nitrogen and oxygen atoms in total. The van der Waals surface area contributed by atoms with Crippen LogP contribution in [0.4, 0.5) is 17.1 Å². The predicted molar refractivity (Wildman–Crippen MR) is 287 cm³/mol. The summed E-state index contributed by atoms with van der Waals surface area (Å²) in [7, 11) is 0. The van der Waals surface area contributed by atoms with Crippen molar-refractivity contribution >= 4 is 39.0 Å². The summed E-state index contributed by atoms with van der Waals surface area (Å²) in [5.41, 5.74) is 21.7. The average Bonchev–Trinajstić information content (AvgIpc) is 3.96. The van der Waals surface area contributed by atoms with Crippen LogP contribution in [-0.4, -0.2) is 0 Å². The SMILES string of the molecule is c1ccc(-c2ccc(-c3cccc(N(c4ccc(-c5cccc(-c6ccc7oc8ccccc8c7c6)c5)cc4)c4ccc(C5(c6ccccc6)c6ccccc6-c6ccccc65)cc4)c3)cc2)cc1. The molecule has 0 aliphatic heterocycles. The van der Waals surface area contributed by atoms with Gasteiger partial charge in [0.2, 0.25) is 0 Å². The van der Waals surface area contributed by atoms with Crippen LogP contribution < -0.4 is 4.90 Å². The molecule has 0 spiro atoms. The van der Waals surface area contributed by atoms with Crippen molar-refractivity contribution in [1.82, 2.24) is 0 Å². The second-order valence-electron chi connectivity index (χ2n) is 18.0. The number of para-hydroxylation sites is 1. The second kappa shape index (κ2) is 16.7. The lowest BCUT2D eigenvalue weighted by Gasteiger charge is -2.34. The van der Waals surface area contributed by atoms with Crippen molar-refractivity contribution in [2.24, 2.45) is 0 Å².